The van der Waals surface area contributed by atoms with Gasteiger partial charge in [-0.2, -0.15) is 0 Å². The highest BCUT2D eigenvalue weighted by atomic mass is 35.5. The van der Waals surface area contributed by atoms with E-state index >= 15 is 0 Å². The lowest BCUT2D eigenvalue weighted by Gasteiger charge is -2.15. The molecule has 4 heteroatoms. The lowest BCUT2D eigenvalue weighted by atomic mass is 10.1. The van der Waals surface area contributed by atoms with Gasteiger partial charge in [0.05, 0.1) is 5.02 Å². The Kier molecular flexibility index (Phi) is 5.37. The third-order valence-electron chi connectivity index (χ3n) is 3.74. The summed E-state index contributed by atoms with van der Waals surface area (Å²) in [6, 6.07) is 7.20. The smallest absolute Gasteiger partial charge is 0.165 e. The summed E-state index contributed by atoms with van der Waals surface area (Å²) < 4.78 is 0. The summed E-state index contributed by atoms with van der Waals surface area (Å²) in [5, 5.41) is 9.46. The molecule has 0 amide bonds. The van der Waals surface area contributed by atoms with Gasteiger partial charge in [-0.15, -0.1) is 0 Å². The number of halogens is 1. The SMILES string of the molecule is O=C(CCN1CCC(CCO)C1)c1ccccc1Cl. The Morgan fingerprint density at radius 1 is 1.42 bits per heavy atom. The first-order valence-corrected chi connectivity index (χ1v) is 7.19. The van der Waals surface area contributed by atoms with Gasteiger partial charge in [0.15, 0.2) is 5.78 Å². The fraction of sp³-hybridized carbons (Fsp3) is 0.533. The summed E-state index contributed by atoms with van der Waals surface area (Å²) in [6.45, 7) is 3.07. The van der Waals surface area contributed by atoms with Gasteiger partial charge in [0.25, 0.3) is 0 Å². The van der Waals surface area contributed by atoms with Gasteiger partial charge >= 0.3 is 0 Å². The van der Waals surface area contributed by atoms with Crippen LogP contribution in [0, 0.1) is 5.92 Å². The van der Waals surface area contributed by atoms with Gasteiger partial charge in [0, 0.05) is 31.7 Å². The van der Waals surface area contributed by atoms with Crippen molar-refractivity contribution in [2.24, 2.45) is 5.92 Å². The molecule has 1 aromatic carbocycles. The third-order valence-corrected chi connectivity index (χ3v) is 4.07. The van der Waals surface area contributed by atoms with Crippen LogP contribution >= 0.6 is 11.6 Å². The third kappa shape index (κ3) is 4.03. The number of nitrogens with zero attached hydrogens (tertiary/aromatic N) is 1. The second-order valence-electron chi connectivity index (χ2n) is 5.12. The van der Waals surface area contributed by atoms with Crippen LogP contribution in [0.25, 0.3) is 0 Å². The topological polar surface area (TPSA) is 40.5 Å². The zero-order valence-corrected chi connectivity index (χ0v) is 11.8. The Morgan fingerprint density at radius 3 is 2.95 bits per heavy atom. The average molecular weight is 282 g/mol. The molecule has 0 aromatic heterocycles. The lowest BCUT2D eigenvalue weighted by Crippen LogP contribution is -2.24. The van der Waals surface area contributed by atoms with E-state index in [1.165, 1.54) is 0 Å². The number of carbonyl (C=O) groups excluding carboxylic acids is 1. The van der Waals surface area contributed by atoms with Crippen molar-refractivity contribution < 1.29 is 9.90 Å². The van der Waals surface area contributed by atoms with E-state index in [4.69, 9.17) is 16.7 Å². The van der Waals surface area contributed by atoms with Crippen LogP contribution < -0.4 is 0 Å². The predicted octanol–water partition coefficient (Wildman–Crippen LogP) is 2.62. The predicted molar refractivity (Wildman–Crippen MR) is 76.6 cm³/mol. The van der Waals surface area contributed by atoms with Crippen LogP contribution in [0.5, 0.6) is 0 Å². The first-order chi connectivity index (χ1) is 9.20. The van der Waals surface area contributed by atoms with E-state index in [-0.39, 0.29) is 12.4 Å². The molecule has 0 spiro atoms. The molecule has 1 aromatic rings. The average Bonchev–Trinajstić information content (AvgIpc) is 2.85. The normalized spacial score (nSPS) is 19.8. The van der Waals surface area contributed by atoms with E-state index in [1.807, 2.05) is 12.1 Å². The molecule has 1 unspecified atom stereocenters. The Labute approximate surface area is 119 Å². The molecule has 1 heterocycles. The van der Waals surface area contributed by atoms with Crippen molar-refractivity contribution in [2.45, 2.75) is 19.3 Å². The van der Waals surface area contributed by atoms with E-state index in [0.717, 1.165) is 32.5 Å². The highest BCUT2D eigenvalue weighted by molar-refractivity contribution is 6.33. The Balaban J connectivity index is 1.80. The fourth-order valence-corrected chi connectivity index (χ4v) is 2.86. The van der Waals surface area contributed by atoms with E-state index in [1.54, 1.807) is 12.1 Å². The molecule has 0 bridgehead atoms. The van der Waals surface area contributed by atoms with Gasteiger partial charge < -0.3 is 10.0 Å². The van der Waals surface area contributed by atoms with Crippen LogP contribution in [-0.2, 0) is 0 Å². The van der Waals surface area contributed by atoms with Crippen LogP contribution in [0.4, 0.5) is 0 Å². The first-order valence-electron chi connectivity index (χ1n) is 6.81. The Morgan fingerprint density at radius 2 is 2.21 bits per heavy atom. The van der Waals surface area contributed by atoms with Crippen molar-refractivity contribution in [3.8, 4) is 0 Å². The van der Waals surface area contributed by atoms with Crippen LogP contribution in [0.2, 0.25) is 5.02 Å². The fourth-order valence-electron chi connectivity index (χ4n) is 2.62. The lowest BCUT2D eigenvalue weighted by molar-refractivity contribution is 0.0968. The summed E-state index contributed by atoms with van der Waals surface area (Å²) in [5.74, 6) is 0.691. The highest BCUT2D eigenvalue weighted by Crippen LogP contribution is 2.21. The summed E-state index contributed by atoms with van der Waals surface area (Å²) >= 11 is 6.02. The maximum atomic E-state index is 12.1. The van der Waals surface area contributed by atoms with Crippen molar-refractivity contribution in [1.29, 1.82) is 0 Å². The molecule has 104 valence electrons. The van der Waals surface area contributed by atoms with Crippen LogP contribution in [-0.4, -0.2) is 42.0 Å². The largest absolute Gasteiger partial charge is 0.396 e. The van der Waals surface area contributed by atoms with Gasteiger partial charge in [0.1, 0.15) is 0 Å². The first kappa shape index (κ1) is 14.5. The number of aliphatic hydroxyl groups excluding tert-OH is 1. The number of hydrogen-bond donors (Lipinski definition) is 1. The molecule has 1 aliphatic heterocycles. The number of hydrogen-bond acceptors (Lipinski definition) is 3. The number of aliphatic hydroxyl groups is 1. The number of ketones is 1. The number of rotatable bonds is 6. The molecule has 1 aliphatic rings. The molecule has 1 fully saturated rings. The summed E-state index contributed by atoms with van der Waals surface area (Å²) in [7, 11) is 0. The second-order valence-corrected chi connectivity index (χ2v) is 5.53. The van der Waals surface area contributed by atoms with Crippen molar-refractivity contribution in [1.82, 2.24) is 4.90 Å². The Hall–Kier alpha value is -0.900. The minimum absolute atomic E-state index is 0.108. The molecule has 3 nitrogen and oxygen atoms in total. The summed E-state index contributed by atoms with van der Waals surface area (Å²) in [4.78, 5) is 14.4. The maximum Gasteiger partial charge on any atom is 0.165 e. The molecule has 2 rings (SSSR count). The summed E-state index contributed by atoms with van der Waals surface area (Å²) in [6.07, 6.45) is 2.51. The molecular weight excluding hydrogens is 262 g/mol. The van der Waals surface area contributed by atoms with Crippen molar-refractivity contribution in [3.63, 3.8) is 0 Å². The van der Waals surface area contributed by atoms with Gasteiger partial charge in [-0.25, -0.2) is 0 Å². The molecule has 1 N–H and O–H groups in total. The number of benzene rings is 1. The van der Waals surface area contributed by atoms with Gasteiger partial charge in [-0.1, -0.05) is 23.7 Å². The quantitative estimate of drug-likeness (QED) is 0.815. The maximum absolute atomic E-state index is 12.1. The minimum Gasteiger partial charge on any atom is -0.396 e. The van der Waals surface area contributed by atoms with E-state index in [0.29, 0.717) is 22.9 Å². The van der Waals surface area contributed by atoms with E-state index in [9.17, 15) is 4.79 Å². The zero-order valence-electron chi connectivity index (χ0n) is 11.0. The van der Waals surface area contributed by atoms with Gasteiger partial charge in [-0.05, 0) is 37.4 Å². The van der Waals surface area contributed by atoms with Crippen molar-refractivity contribution in [3.05, 3.63) is 34.9 Å². The molecule has 19 heavy (non-hydrogen) atoms. The van der Waals surface area contributed by atoms with Gasteiger partial charge in [-0.3, -0.25) is 4.79 Å². The minimum atomic E-state index is 0.108. The monoisotopic (exact) mass is 281 g/mol. The molecule has 1 atom stereocenters. The van der Waals surface area contributed by atoms with Crippen molar-refractivity contribution >= 4 is 17.4 Å². The van der Waals surface area contributed by atoms with Crippen molar-refractivity contribution in [2.75, 3.05) is 26.2 Å². The van der Waals surface area contributed by atoms with E-state index in [2.05, 4.69) is 4.90 Å². The molecule has 0 radical (unpaired) electrons. The van der Waals surface area contributed by atoms with Crippen LogP contribution in [0.15, 0.2) is 24.3 Å². The van der Waals surface area contributed by atoms with Crippen LogP contribution in [0.1, 0.15) is 29.6 Å². The molecule has 0 saturated carbocycles. The number of likely N-dealkylation sites (tertiary alicyclic amines) is 1. The standard InChI is InChI=1S/C15H20ClNO2/c16-14-4-2-1-3-13(14)15(19)6-9-17-8-5-12(11-17)7-10-18/h1-4,12,18H,5-11H2. The summed E-state index contributed by atoms with van der Waals surface area (Å²) in [5.41, 5.74) is 0.621. The molecule has 1 saturated heterocycles. The molecular formula is C15H20ClNO2. The second kappa shape index (κ2) is 7.04. The van der Waals surface area contributed by atoms with E-state index < -0.39 is 0 Å². The van der Waals surface area contributed by atoms with Gasteiger partial charge in [0.2, 0.25) is 0 Å². The van der Waals surface area contributed by atoms with Crippen LogP contribution in [0.3, 0.4) is 0 Å². The highest BCUT2D eigenvalue weighted by Gasteiger charge is 2.22. The number of Topliss-reactive ketones (excluding diaryl/α,β-unsaturated/α-hetero) is 1. The molecule has 0 aliphatic carbocycles. The zero-order chi connectivity index (χ0) is 13.7. The number of carbonyl (C=O) groups is 1. The Bertz CT molecular complexity index is 436.